The van der Waals surface area contributed by atoms with Gasteiger partial charge in [-0.3, -0.25) is 4.79 Å². The molecule has 0 amide bonds. The molecule has 0 spiro atoms. The van der Waals surface area contributed by atoms with E-state index < -0.39 is 0 Å². The zero-order chi connectivity index (χ0) is 13.7. The van der Waals surface area contributed by atoms with Crippen LogP contribution in [0.5, 0.6) is 0 Å². The second-order valence-corrected chi connectivity index (χ2v) is 5.09. The minimum Gasteiger partial charge on any atom is -0.294 e. The van der Waals surface area contributed by atoms with Crippen molar-refractivity contribution in [1.82, 2.24) is 0 Å². The molecule has 98 valence electrons. The Bertz CT molecular complexity index is 561. The molecule has 0 aromatic heterocycles. The Morgan fingerprint density at radius 3 is 2.37 bits per heavy atom. The van der Waals surface area contributed by atoms with Gasteiger partial charge < -0.3 is 0 Å². The smallest absolute Gasteiger partial charge is 0.163 e. The second kappa shape index (κ2) is 6.74. The van der Waals surface area contributed by atoms with Crippen molar-refractivity contribution in [3.8, 4) is 0 Å². The van der Waals surface area contributed by atoms with Crippen LogP contribution in [0.2, 0.25) is 5.02 Å². The number of halogens is 2. The fourth-order valence-electron chi connectivity index (χ4n) is 1.87. The van der Waals surface area contributed by atoms with Crippen LogP contribution in [0.1, 0.15) is 27.9 Å². The molecule has 2 aromatic carbocycles. The molecule has 0 aliphatic carbocycles. The molecule has 3 heteroatoms. The molecular formula is C16H14Cl2O. The minimum absolute atomic E-state index is 0.140. The van der Waals surface area contributed by atoms with Crippen molar-refractivity contribution in [2.45, 2.75) is 18.7 Å². The fraction of sp³-hybridized carbons (Fsp3) is 0.188. The Morgan fingerprint density at radius 2 is 1.74 bits per heavy atom. The van der Waals surface area contributed by atoms with Crippen LogP contribution in [0.15, 0.2) is 48.5 Å². The van der Waals surface area contributed by atoms with Crippen molar-refractivity contribution in [2.75, 3.05) is 0 Å². The predicted octanol–water partition coefficient (Wildman–Crippen LogP) is 4.89. The molecule has 0 atom stereocenters. The van der Waals surface area contributed by atoms with Gasteiger partial charge >= 0.3 is 0 Å². The third kappa shape index (κ3) is 4.09. The quantitative estimate of drug-likeness (QED) is 0.566. The molecule has 0 N–H and O–H groups in total. The molecule has 0 heterocycles. The van der Waals surface area contributed by atoms with Gasteiger partial charge in [-0.15, -0.1) is 11.6 Å². The molecule has 0 saturated carbocycles. The molecule has 0 aliphatic rings. The van der Waals surface area contributed by atoms with Gasteiger partial charge in [0, 0.05) is 22.9 Å². The Hall–Kier alpha value is -1.31. The standard InChI is InChI=1S/C16H14Cl2O/c17-11-13-4-7-14(8-5-13)16(19)9-6-12-2-1-3-15(18)10-12/h1-5,7-8,10H,6,9,11H2. The van der Waals surface area contributed by atoms with Crippen LogP contribution in [0, 0.1) is 0 Å². The van der Waals surface area contributed by atoms with E-state index in [0.29, 0.717) is 23.7 Å². The summed E-state index contributed by atoms with van der Waals surface area (Å²) in [6.45, 7) is 0. The van der Waals surface area contributed by atoms with E-state index in [0.717, 1.165) is 16.7 Å². The van der Waals surface area contributed by atoms with E-state index in [2.05, 4.69) is 0 Å². The van der Waals surface area contributed by atoms with E-state index in [9.17, 15) is 4.79 Å². The predicted molar refractivity (Wildman–Crippen MR) is 80.1 cm³/mol. The van der Waals surface area contributed by atoms with E-state index in [-0.39, 0.29) is 5.78 Å². The van der Waals surface area contributed by atoms with E-state index in [1.54, 1.807) is 0 Å². The summed E-state index contributed by atoms with van der Waals surface area (Å²) in [5.41, 5.74) is 2.84. The highest BCUT2D eigenvalue weighted by Gasteiger charge is 2.06. The first-order valence-corrected chi connectivity index (χ1v) is 7.03. The van der Waals surface area contributed by atoms with Crippen LogP contribution in [0.3, 0.4) is 0 Å². The highest BCUT2D eigenvalue weighted by atomic mass is 35.5. The Labute approximate surface area is 123 Å². The third-order valence-electron chi connectivity index (χ3n) is 2.96. The molecule has 0 aliphatic heterocycles. The zero-order valence-electron chi connectivity index (χ0n) is 10.4. The number of Topliss-reactive ketones (excluding diaryl/α,β-unsaturated/α-hetero) is 1. The minimum atomic E-state index is 0.140. The summed E-state index contributed by atoms with van der Waals surface area (Å²) in [7, 11) is 0. The molecule has 0 unspecified atom stereocenters. The summed E-state index contributed by atoms with van der Waals surface area (Å²) in [5, 5.41) is 0.705. The first-order valence-electron chi connectivity index (χ1n) is 6.11. The van der Waals surface area contributed by atoms with Crippen LogP contribution in [-0.4, -0.2) is 5.78 Å². The van der Waals surface area contributed by atoms with Crippen molar-refractivity contribution < 1.29 is 4.79 Å². The summed E-state index contributed by atoms with van der Waals surface area (Å²) in [6.07, 6.45) is 1.19. The molecule has 19 heavy (non-hydrogen) atoms. The van der Waals surface area contributed by atoms with Crippen molar-refractivity contribution in [3.63, 3.8) is 0 Å². The number of rotatable bonds is 5. The highest BCUT2D eigenvalue weighted by molar-refractivity contribution is 6.30. The number of hydrogen-bond donors (Lipinski definition) is 0. The normalized spacial score (nSPS) is 10.4. The molecular weight excluding hydrogens is 279 g/mol. The second-order valence-electron chi connectivity index (χ2n) is 4.38. The summed E-state index contributed by atoms with van der Waals surface area (Å²) in [4.78, 5) is 12.0. The molecule has 0 bridgehead atoms. The maximum Gasteiger partial charge on any atom is 0.163 e. The molecule has 0 fully saturated rings. The Kier molecular flexibility index (Phi) is 5.00. The molecule has 1 nitrogen and oxygen atoms in total. The largest absolute Gasteiger partial charge is 0.294 e. The number of ketones is 1. The van der Waals surface area contributed by atoms with Crippen molar-refractivity contribution in [1.29, 1.82) is 0 Å². The van der Waals surface area contributed by atoms with Crippen molar-refractivity contribution in [2.24, 2.45) is 0 Å². The third-order valence-corrected chi connectivity index (χ3v) is 3.50. The Morgan fingerprint density at radius 1 is 1.00 bits per heavy atom. The zero-order valence-corrected chi connectivity index (χ0v) is 11.9. The monoisotopic (exact) mass is 292 g/mol. The average Bonchev–Trinajstić information content (AvgIpc) is 2.45. The number of alkyl halides is 1. The number of carbonyl (C=O) groups is 1. The lowest BCUT2D eigenvalue weighted by Crippen LogP contribution is -2.01. The summed E-state index contributed by atoms with van der Waals surface area (Å²) in [5.74, 6) is 0.609. The van der Waals surface area contributed by atoms with Crippen molar-refractivity contribution in [3.05, 3.63) is 70.2 Å². The van der Waals surface area contributed by atoms with Crippen LogP contribution in [-0.2, 0) is 12.3 Å². The summed E-state index contributed by atoms with van der Waals surface area (Å²) >= 11 is 11.6. The lowest BCUT2D eigenvalue weighted by molar-refractivity contribution is 0.0983. The van der Waals surface area contributed by atoms with Gasteiger partial charge in [0.05, 0.1) is 0 Å². The van der Waals surface area contributed by atoms with Gasteiger partial charge in [-0.05, 0) is 29.7 Å². The summed E-state index contributed by atoms with van der Waals surface area (Å²) in [6, 6.07) is 15.0. The van der Waals surface area contributed by atoms with Crippen LogP contribution >= 0.6 is 23.2 Å². The van der Waals surface area contributed by atoms with Gasteiger partial charge in [-0.25, -0.2) is 0 Å². The van der Waals surface area contributed by atoms with Crippen LogP contribution in [0.25, 0.3) is 0 Å². The number of benzene rings is 2. The van der Waals surface area contributed by atoms with Crippen LogP contribution < -0.4 is 0 Å². The van der Waals surface area contributed by atoms with Crippen molar-refractivity contribution >= 4 is 29.0 Å². The summed E-state index contributed by atoms with van der Waals surface area (Å²) < 4.78 is 0. The highest BCUT2D eigenvalue weighted by Crippen LogP contribution is 2.14. The number of hydrogen-bond acceptors (Lipinski definition) is 1. The first-order chi connectivity index (χ1) is 9.19. The topological polar surface area (TPSA) is 17.1 Å². The van der Waals surface area contributed by atoms with Gasteiger partial charge in [0.1, 0.15) is 0 Å². The van der Waals surface area contributed by atoms with Gasteiger partial charge in [0.25, 0.3) is 0 Å². The maximum atomic E-state index is 12.0. The van der Waals surface area contributed by atoms with E-state index in [1.165, 1.54) is 0 Å². The van der Waals surface area contributed by atoms with E-state index in [1.807, 2.05) is 48.5 Å². The van der Waals surface area contributed by atoms with Gasteiger partial charge in [0.2, 0.25) is 0 Å². The lowest BCUT2D eigenvalue weighted by atomic mass is 10.0. The van der Waals surface area contributed by atoms with Crippen LogP contribution in [0.4, 0.5) is 0 Å². The van der Waals surface area contributed by atoms with E-state index >= 15 is 0 Å². The van der Waals surface area contributed by atoms with Gasteiger partial charge in [-0.1, -0.05) is 48.0 Å². The van der Waals surface area contributed by atoms with Gasteiger partial charge in [-0.2, -0.15) is 0 Å². The fourth-order valence-corrected chi connectivity index (χ4v) is 2.27. The van der Waals surface area contributed by atoms with E-state index in [4.69, 9.17) is 23.2 Å². The lowest BCUT2D eigenvalue weighted by Gasteiger charge is -2.03. The molecule has 2 rings (SSSR count). The number of aryl methyl sites for hydroxylation is 1. The van der Waals surface area contributed by atoms with Gasteiger partial charge in [0.15, 0.2) is 5.78 Å². The number of carbonyl (C=O) groups excluding carboxylic acids is 1. The SMILES string of the molecule is O=C(CCc1cccc(Cl)c1)c1ccc(CCl)cc1. The Balaban J connectivity index is 1.97. The molecule has 2 aromatic rings. The molecule has 0 radical (unpaired) electrons. The molecule has 0 saturated heterocycles. The maximum absolute atomic E-state index is 12.0. The average molecular weight is 293 g/mol. The first kappa shape index (κ1) is 14.1.